The minimum absolute atomic E-state index is 0.0132. The maximum atomic E-state index is 12.1. The molecule has 0 saturated heterocycles. The summed E-state index contributed by atoms with van der Waals surface area (Å²) in [6.07, 6.45) is 2.14. The number of carbonyl (C=O) groups is 1. The van der Waals surface area contributed by atoms with Crippen LogP contribution in [0.15, 0.2) is 48.5 Å². The summed E-state index contributed by atoms with van der Waals surface area (Å²) in [6.45, 7) is 2.83. The van der Waals surface area contributed by atoms with Gasteiger partial charge in [0.25, 0.3) is 0 Å². The molecule has 2 aromatic rings. The molecule has 0 saturated carbocycles. The van der Waals surface area contributed by atoms with E-state index in [1.165, 1.54) is 0 Å². The third-order valence-electron chi connectivity index (χ3n) is 2.83. The van der Waals surface area contributed by atoms with E-state index in [1.807, 2.05) is 36.4 Å². The molecule has 0 aliphatic rings. The minimum atomic E-state index is -0.0132. The van der Waals surface area contributed by atoms with Gasteiger partial charge in [-0.2, -0.15) is 0 Å². The van der Waals surface area contributed by atoms with Gasteiger partial charge in [-0.15, -0.1) is 0 Å². The first-order chi connectivity index (χ1) is 9.31. The quantitative estimate of drug-likeness (QED) is 0.576. The van der Waals surface area contributed by atoms with Crippen molar-refractivity contribution in [2.75, 3.05) is 6.61 Å². The van der Waals surface area contributed by atoms with Crippen LogP contribution in [0.25, 0.3) is 0 Å². The van der Waals surface area contributed by atoms with E-state index in [-0.39, 0.29) is 5.78 Å². The van der Waals surface area contributed by atoms with Gasteiger partial charge in [0.1, 0.15) is 5.75 Å². The molecule has 0 fully saturated rings. The fourth-order valence-corrected chi connectivity index (χ4v) is 1.72. The van der Waals surface area contributed by atoms with Gasteiger partial charge in [0.15, 0.2) is 5.78 Å². The zero-order valence-electron chi connectivity index (χ0n) is 11.1. The highest BCUT2D eigenvalue weighted by Crippen LogP contribution is 2.15. The number of unbranched alkanes of at least 4 members (excludes halogenated alkanes) is 1. The lowest BCUT2D eigenvalue weighted by Gasteiger charge is -2.06. The van der Waals surface area contributed by atoms with E-state index in [1.54, 1.807) is 12.1 Å². The number of ketones is 1. The van der Waals surface area contributed by atoms with Crippen LogP contribution >= 0.6 is 0 Å². The van der Waals surface area contributed by atoms with Gasteiger partial charge in [0.05, 0.1) is 6.61 Å². The molecule has 0 aliphatic carbocycles. The molecule has 0 heterocycles. The van der Waals surface area contributed by atoms with Crippen molar-refractivity contribution in [3.05, 3.63) is 65.7 Å². The molecule has 0 N–H and O–H groups in total. The second-order valence-electron chi connectivity index (χ2n) is 4.34. The molecule has 0 bridgehead atoms. The van der Waals surface area contributed by atoms with Gasteiger partial charge in [-0.05, 0) is 30.7 Å². The molecule has 0 atom stereocenters. The molecule has 19 heavy (non-hydrogen) atoms. The Morgan fingerprint density at radius 1 is 1.16 bits per heavy atom. The van der Waals surface area contributed by atoms with Crippen molar-refractivity contribution in [1.29, 1.82) is 0 Å². The molecule has 2 rings (SSSR count). The van der Waals surface area contributed by atoms with Gasteiger partial charge in [0, 0.05) is 11.1 Å². The average Bonchev–Trinajstić information content (AvgIpc) is 2.48. The normalized spacial score (nSPS) is 10.2. The summed E-state index contributed by atoms with van der Waals surface area (Å²) in [5.41, 5.74) is 1.24. The Kier molecular flexibility index (Phi) is 4.73. The van der Waals surface area contributed by atoms with Crippen LogP contribution in [0, 0.1) is 6.07 Å². The first-order valence-electron chi connectivity index (χ1n) is 6.55. The Morgan fingerprint density at radius 2 is 1.95 bits per heavy atom. The van der Waals surface area contributed by atoms with Crippen molar-refractivity contribution in [2.24, 2.45) is 0 Å². The van der Waals surface area contributed by atoms with Crippen molar-refractivity contribution >= 4 is 5.78 Å². The van der Waals surface area contributed by atoms with Crippen molar-refractivity contribution in [3.8, 4) is 5.75 Å². The zero-order valence-corrected chi connectivity index (χ0v) is 11.1. The van der Waals surface area contributed by atoms with E-state index >= 15 is 0 Å². The molecule has 0 amide bonds. The molecule has 0 aromatic heterocycles. The van der Waals surface area contributed by atoms with Crippen LogP contribution in [-0.4, -0.2) is 12.4 Å². The van der Waals surface area contributed by atoms with Crippen LogP contribution in [0.3, 0.4) is 0 Å². The van der Waals surface area contributed by atoms with Crippen molar-refractivity contribution in [1.82, 2.24) is 0 Å². The van der Waals surface area contributed by atoms with E-state index in [0.29, 0.717) is 17.7 Å². The third-order valence-corrected chi connectivity index (χ3v) is 2.83. The summed E-state index contributed by atoms with van der Waals surface area (Å²) in [6, 6.07) is 17.5. The Bertz CT molecular complexity index is 515. The smallest absolute Gasteiger partial charge is 0.193 e. The van der Waals surface area contributed by atoms with E-state index < -0.39 is 0 Å². The van der Waals surface area contributed by atoms with Crippen LogP contribution in [0.5, 0.6) is 5.75 Å². The van der Waals surface area contributed by atoms with Crippen LogP contribution in [-0.2, 0) is 0 Å². The highest BCUT2D eigenvalue weighted by atomic mass is 16.5. The Balaban J connectivity index is 2.04. The Morgan fingerprint density at radius 3 is 2.58 bits per heavy atom. The standard InChI is InChI=1S/C17H17O2/c1-2-3-13-19-16-11-9-15(10-12-16)17(18)14-7-5-4-6-8-14/h4-9,11-12H,2-3,13H2,1H3. The van der Waals surface area contributed by atoms with Crippen molar-refractivity contribution in [2.45, 2.75) is 19.8 Å². The number of hydrogen-bond donors (Lipinski definition) is 0. The van der Waals surface area contributed by atoms with Crippen molar-refractivity contribution < 1.29 is 9.53 Å². The third kappa shape index (κ3) is 3.68. The summed E-state index contributed by atoms with van der Waals surface area (Å²) >= 11 is 0. The van der Waals surface area contributed by atoms with Crippen LogP contribution < -0.4 is 4.74 Å². The lowest BCUT2D eigenvalue weighted by atomic mass is 10.0. The maximum Gasteiger partial charge on any atom is 0.193 e. The first kappa shape index (κ1) is 13.3. The molecule has 2 nitrogen and oxygen atoms in total. The highest BCUT2D eigenvalue weighted by Gasteiger charge is 2.08. The fourth-order valence-electron chi connectivity index (χ4n) is 1.72. The Labute approximate surface area is 114 Å². The van der Waals surface area contributed by atoms with Gasteiger partial charge in [-0.3, -0.25) is 4.79 Å². The summed E-state index contributed by atoms with van der Waals surface area (Å²) in [7, 11) is 0. The van der Waals surface area contributed by atoms with Crippen LogP contribution in [0.4, 0.5) is 0 Å². The van der Waals surface area contributed by atoms with Gasteiger partial charge >= 0.3 is 0 Å². The van der Waals surface area contributed by atoms with Gasteiger partial charge < -0.3 is 4.74 Å². The minimum Gasteiger partial charge on any atom is -0.494 e. The number of benzene rings is 2. The van der Waals surface area contributed by atoms with E-state index in [4.69, 9.17) is 4.74 Å². The average molecular weight is 253 g/mol. The molecule has 0 aliphatic heterocycles. The zero-order chi connectivity index (χ0) is 13.5. The predicted molar refractivity (Wildman–Crippen MR) is 75.6 cm³/mol. The van der Waals surface area contributed by atoms with Crippen LogP contribution in [0.2, 0.25) is 0 Å². The molecule has 1 radical (unpaired) electrons. The monoisotopic (exact) mass is 253 g/mol. The largest absolute Gasteiger partial charge is 0.494 e. The summed E-state index contributed by atoms with van der Waals surface area (Å²) < 4.78 is 5.54. The van der Waals surface area contributed by atoms with Gasteiger partial charge in [-0.25, -0.2) is 0 Å². The lowest BCUT2D eigenvalue weighted by Crippen LogP contribution is -2.02. The van der Waals surface area contributed by atoms with E-state index in [0.717, 1.165) is 18.6 Å². The first-order valence-corrected chi connectivity index (χ1v) is 6.55. The van der Waals surface area contributed by atoms with Gasteiger partial charge in [-0.1, -0.05) is 43.7 Å². The molecular formula is C17H17O2. The second kappa shape index (κ2) is 6.74. The lowest BCUT2D eigenvalue weighted by molar-refractivity contribution is 0.103. The number of carbonyl (C=O) groups excluding carboxylic acids is 1. The summed E-state index contributed by atoms with van der Waals surface area (Å²) in [5.74, 6) is 0.749. The Hall–Kier alpha value is -2.09. The predicted octanol–water partition coefficient (Wildman–Crippen LogP) is 3.90. The van der Waals surface area contributed by atoms with E-state index in [2.05, 4.69) is 13.0 Å². The maximum absolute atomic E-state index is 12.1. The number of rotatable bonds is 6. The molecule has 2 aromatic carbocycles. The fraction of sp³-hybridized carbons (Fsp3) is 0.235. The molecular weight excluding hydrogens is 236 g/mol. The molecule has 97 valence electrons. The topological polar surface area (TPSA) is 26.3 Å². The number of hydrogen-bond acceptors (Lipinski definition) is 2. The second-order valence-corrected chi connectivity index (χ2v) is 4.34. The van der Waals surface area contributed by atoms with Crippen molar-refractivity contribution in [3.63, 3.8) is 0 Å². The summed E-state index contributed by atoms with van der Waals surface area (Å²) in [4.78, 5) is 12.1. The van der Waals surface area contributed by atoms with Crippen LogP contribution in [0.1, 0.15) is 35.7 Å². The molecule has 0 unspecified atom stereocenters. The summed E-state index contributed by atoms with van der Waals surface area (Å²) in [5, 5.41) is 0. The van der Waals surface area contributed by atoms with Gasteiger partial charge in [0.2, 0.25) is 0 Å². The molecule has 0 spiro atoms. The van der Waals surface area contributed by atoms with E-state index in [9.17, 15) is 4.79 Å². The molecule has 2 heteroatoms. The SMILES string of the molecule is CCCCOc1c[c]c(C(=O)c2ccccc2)cc1. The highest BCUT2D eigenvalue weighted by molar-refractivity contribution is 6.08. The number of ether oxygens (including phenoxy) is 1.